The molecule has 142 valence electrons. The Bertz CT molecular complexity index is 229. The van der Waals surface area contributed by atoms with E-state index in [1.165, 1.54) is 25.4 Å². The Hall–Kier alpha value is 1.49. The van der Waals surface area contributed by atoms with Crippen LogP contribution >= 0.6 is 32.0 Å². The fourth-order valence-electron chi connectivity index (χ4n) is 2.79. The van der Waals surface area contributed by atoms with Gasteiger partial charge in [0.2, 0.25) is 0 Å². The normalized spacial score (nSPS) is 11.7. The van der Waals surface area contributed by atoms with E-state index >= 15 is 0 Å². The maximum Gasteiger partial charge on any atom is 0.106 e. The molecule has 0 aromatic carbocycles. The van der Waals surface area contributed by atoms with Crippen LogP contribution in [0.5, 0.6) is 0 Å². The molecule has 0 aliphatic rings. The van der Waals surface area contributed by atoms with E-state index in [1.54, 1.807) is 0 Å². The third-order valence-corrected chi connectivity index (χ3v) is 11.3. The fraction of sp³-hybridized carbons (Fsp3) is 0.941. The van der Waals surface area contributed by atoms with Crippen molar-refractivity contribution < 1.29 is 21.9 Å². The summed E-state index contributed by atoms with van der Waals surface area (Å²) in [5, 5.41) is 0. The van der Waals surface area contributed by atoms with Crippen molar-refractivity contribution in [2.24, 2.45) is 0 Å². The molecule has 0 aliphatic carbocycles. The molecule has 0 unspecified atom stereocenters. The summed E-state index contributed by atoms with van der Waals surface area (Å²) in [4.78, 5) is 8.00. The molecule has 2 nitrogen and oxygen atoms in total. The van der Waals surface area contributed by atoms with Crippen LogP contribution in [-0.2, 0) is 21.9 Å². The van der Waals surface area contributed by atoms with Gasteiger partial charge in [0.05, 0.1) is 0 Å². The van der Waals surface area contributed by atoms with Gasteiger partial charge in [-0.15, -0.1) is 15.8 Å². The van der Waals surface area contributed by atoms with Gasteiger partial charge < -0.3 is 4.79 Å². The molecule has 6 heteroatoms. The summed E-state index contributed by atoms with van der Waals surface area (Å²) in [6.45, 7) is 23.5. The van der Waals surface area contributed by atoms with Crippen molar-refractivity contribution in [3.8, 4) is 0 Å². The van der Waals surface area contributed by atoms with Gasteiger partial charge in [-0.25, -0.2) is 3.93 Å². The van der Waals surface area contributed by atoms with E-state index in [0.29, 0.717) is 0 Å². The second-order valence-electron chi connectivity index (χ2n) is 6.76. The Morgan fingerprint density at radius 1 is 0.739 bits per heavy atom. The molecule has 0 rings (SSSR count). The van der Waals surface area contributed by atoms with Crippen molar-refractivity contribution in [1.82, 2.24) is 3.93 Å². The average Bonchev–Trinajstić information content (AvgIpc) is 2.39. The van der Waals surface area contributed by atoms with Crippen molar-refractivity contribution in [2.45, 2.75) is 78.0 Å². The Balaban J connectivity index is -0.00000128. The van der Waals surface area contributed by atoms with Crippen molar-refractivity contribution in [1.29, 1.82) is 0 Å². The van der Waals surface area contributed by atoms with Crippen LogP contribution in [0.1, 0.15) is 55.4 Å². The molecule has 0 heterocycles. The number of nitrogens with zero attached hydrogens (tertiary/aromatic N) is 1. The van der Waals surface area contributed by atoms with Crippen LogP contribution in [0.3, 0.4) is 0 Å². The standard InChI is InChI=1S/C16H36BrNP2.CH2O.Fe/c1-13(2)19(14(3)4)11-9-18(17)10-12-20(15(5)6)16(7)8;1-2;/h13-16H,9-12H2,1-8H3;1H2;. The summed E-state index contributed by atoms with van der Waals surface area (Å²) >= 11 is 3.79. The van der Waals surface area contributed by atoms with Crippen LogP contribution in [0, 0.1) is 0 Å². The maximum absolute atomic E-state index is 8.00. The third kappa shape index (κ3) is 14.4. The van der Waals surface area contributed by atoms with E-state index in [1.807, 2.05) is 6.79 Å². The Kier molecular flexibility index (Phi) is 21.5. The molecule has 0 N–H and O–H groups in total. The SMILES string of the molecule is C=O.CC(C)P(CCN(Br)CCP(C(C)C)C(C)C)C(C)C.[Fe]. The van der Waals surface area contributed by atoms with E-state index in [2.05, 4.69) is 75.5 Å². The van der Waals surface area contributed by atoms with E-state index < -0.39 is 0 Å². The molecule has 0 saturated carbocycles. The van der Waals surface area contributed by atoms with Crippen LogP contribution < -0.4 is 0 Å². The van der Waals surface area contributed by atoms with Crippen LogP contribution in [0.2, 0.25) is 0 Å². The van der Waals surface area contributed by atoms with E-state index in [0.717, 1.165) is 22.6 Å². The third-order valence-electron chi connectivity index (χ3n) is 3.85. The smallest absolute Gasteiger partial charge is 0.106 e. The zero-order chi connectivity index (χ0) is 17.9. The topological polar surface area (TPSA) is 20.3 Å². The summed E-state index contributed by atoms with van der Waals surface area (Å²) in [5.41, 5.74) is 3.42. The van der Waals surface area contributed by atoms with E-state index in [-0.39, 0.29) is 32.9 Å². The first-order chi connectivity index (χ1) is 10.2. The molecule has 0 aliphatic heterocycles. The van der Waals surface area contributed by atoms with Crippen LogP contribution in [0.15, 0.2) is 0 Å². The zero-order valence-corrected chi connectivity index (χ0v) is 20.8. The number of rotatable bonds is 10. The summed E-state index contributed by atoms with van der Waals surface area (Å²) in [5.74, 6) is 0. The van der Waals surface area contributed by atoms with Gasteiger partial charge in [-0.3, -0.25) is 0 Å². The van der Waals surface area contributed by atoms with Gasteiger partial charge in [0.25, 0.3) is 0 Å². The number of halogens is 1. The second-order valence-corrected chi connectivity index (χ2v) is 14.8. The van der Waals surface area contributed by atoms with E-state index in [9.17, 15) is 0 Å². The predicted molar refractivity (Wildman–Crippen MR) is 112 cm³/mol. The van der Waals surface area contributed by atoms with Crippen molar-refractivity contribution in [3.63, 3.8) is 0 Å². The Labute approximate surface area is 167 Å². The van der Waals surface area contributed by atoms with Crippen molar-refractivity contribution in [2.75, 3.05) is 25.4 Å². The number of hydrogen-bond donors (Lipinski definition) is 0. The molecular formula is C17H38BrFeNOP2. The summed E-state index contributed by atoms with van der Waals surface area (Å²) in [6, 6.07) is 0. The molecule has 0 aromatic heterocycles. The minimum Gasteiger partial charge on any atom is -0.307 e. The van der Waals surface area contributed by atoms with Gasteiger partial charge in [0.1, 0.15) is 6.79 Å². The molecule has 0 aromatic rings. The summed E-state index contributed by atoms with van der Waals surface area (Å²) < 4.78 is 2.40. The fourth-order valence-corrected chi connectivity index (χ4v) is 9.08. The van der Waals surface area contributed by atoms with Crippen molar-refractivity contribution >= 4 is 38.8 Å². The molecule has 23 heavy (non-hydrogen) atoms. The van der Waals surface area contributed by atoms with Crippen molar-refractivity contribution in [3.05, 3.63) is 0 Å². The first-order valence-electron chi connectivity index (χ1n) is 8.37. The molecule has 0 bridgehead atoms. The van der Waals surface area contributed by atoms with Gasteiger partial charge in [-0.1, -0.05) is 55.4 Å². The Morgan fingerprint density at radius 3 is 1.13 bits per heavy atom. The second kappa shape index (κ2) is 16.9. The molecule has 0 saturated heterocycles. The van der Waals surface area contributed by atoms with Gasteiger partial charge in [0.15, 0.2) is 0 Å². The molecule has 0 radical (unpaired) electrons. The van der Waals surface area contributed by atoms with Gasteiger partial charge in [0, 0.05) is 46.3 Å². The number of hydrogen-bond acceptors (Lipinski definition) is 2. The first-order valence-corrected chi connectivity index (χ1v) is 12.4. The largest absolute Gasteiger partial charge is 0.307 e. The maximum atomic E-state index is 8.00. The predicted octanol–water partition coefficient (Wildman–Crippen LogP) is 6.01. The summed E-state index contributed by atoms with van der Waals surface area (Å²) in [6.07, 6.45) is 2.74. The quantitative estimate of drug-likeness (QED) is 0.222. The first kappa shape index (κ1) is 29.3. The monoisotopic (exact) mass is 469 g/mol. The molecule has 0 amide bonds. The van der Waals surface area contributed by atoms with Crippen LogP contribution in [0.4, 0.5) is 0 Å². The van der Waals surface area contributed by atoms with Gasteiger partial charge >= 0.3 is 0 Å². The van der Waals surface area contributed by atoms with E-state index in [4.69, 9.17) is 4.79 Å². The molecule has 0 fully saturated rings. The van der Waals surface area contributed by atoms with Crippen LogP contribution in [-0.4, -0.2) is 58.8 Å². The minimum atomic E-state index is 0. The summed E-state index contributed by atoms with van der Waals surface area (Å²) in [7, 11) is 0.343. The Morgan fingerprint density at radius 2 is 0.957 bits per heavy atom. The van der Waals surface area contributed by atoms with Gasteiger partial charge in [-0.05, 0) is 35.0 Å². The number of carbonyl (C=O) groups excluding carboxylic acids is 1. The van der Waals surface area contributed by atoms with Crippen LogP contribution in [0.25, 0.3) is 0 Å². The molecular weight excluding hydrogens is 432 g/mol. The minimum absolute atomic E-state index is 0. The number of carbonyl (C=O) groups is 1. The molecule has 0 spiro atoms. The average molecular weight is 470 g/mol. The van der Waals surface area contributed by atoms with Gasteiger partial charge in [-0.2, -0.15) is 0 Å². The zero-order valence-electron chi connectivity index (χ0n) is 16.3. The molecule has 0 atom stereocenters.